The van der Waals surface area contributed by atoms with E-state index in [0.29, 0.717) is 31.0 Å². The molecule has 0 amide bonds. The molecular formula is C20H23FIN5. The van der Waals surface area contributed by atoms with Gasteiger partial charge in [-0.05, 0) is 23.6 Å². The first-order chi connectivity index (χ1) is 12.8. The third-order valence-electron chi connectivity index (χ3n) is 4.00. The summed E-state index contributed by atoms with van der Waals surface area (Å²) in [6.07, 6.45) is 2.41. The number of hydrogen-bond donors (Lipinski definition) is 3. The molecule has 0 aliphatic carbocycles. The van der Waals surface area contributed by atoms with Crippen LogP contribution in [-0.2, 0) is 13.0 Å². The first-order valence-electron chi connectivity index (χ1n) is 8.53. The first-order valence-corrected chi connectivity index (χ1v) is 8.53. The van der Waals surface area contributed by atoms with Crippen LogP contribution in [0.5, 0.6) is 0 Å². The lowest BCUT2D eigenvalue weighted by Gasteiger charge is -2.11. The third kappa shape index (κ3) is 6.06. The fourth-order valence-electron chi connectivity index (χ4n) is 2.62. The smallest absolute Gasteiger partial charge is 0.191 e. The summed E-state index contributed by atoms with van der Waals surface area (Å²) >= 11 is 0. The Balaban J connectivity index is 0.00000261. The summed E-state index contributed by atoms with van der Waals surface area (Å²) in [5, 5.41) is 6.39. The van der Waals surface area contributed by atoms with Gasteiger partial charge < -0.3 is 15.6 Å². The Labute approximate surface area is 175 Å². The van der Waals surface area contributed by atoms with Gasteiger partial charge in [-0.2, -0.15) is 0 Å². The molecule has 0 bridgehead atoms. The average molecular weight is 479 g/mol. The number of halogens is 2. The van der Waals surface area contributed by atoms with E-state index in [4.69, 9.17) is 0 Å². The van der Waals surface area contributed by atoms with Crippen molar-refractivity contribution in [2.24, 2.45) is 4.99 Å². The second-order valence-electron chi connectivity index (χ2n) is 5.80. The van der Waals surface area contributed by atoms with Crippen LogP contribution in [0, 0.1) is 5.82 Å². The zero-order valence-electron chi connectivity index (χ0n) is 15.1. The molecule has 3 N–H and O–H groups in total. The number of rotatable bonds is 6. The second-order valence-corrected chi connectivity index (χ2v) is 5.80. The number of imidazole rings is 1. The Morgan fingerprint density at radius 3 is 2.56 bits per heavy atom. The van der Waals surface area contributed by atoms with Crippen LogP contribution in [0.3, 0.4) is 0 Å². The van der Waals surface area contributed by atoms with E-state index in [1.807, 2.05) is 42.6 Å². The fraction of sp³-hybridized carbons (Fsp3) is 0.200. The van der Waals surface area contributed by atoms with Crippen molar-refractivity contribution in [3.63, 3.8) is 0 Å². The highest BCUT2D eigenvalue weighted by molar-refractivity contribution is 14.0. The quantitative estimate of drug-likeness (QED) is 0.287. The maximum atomic E-state index is 13.6. The number of nitrogens with zero attached hydrogens (tertiary/aromatic N) is 2. The van der Waals surface area contributed by atoms with Crippen molar-refractivity contribution in [1.29, 1.82) is 0 Å². The van der Waals surface area contributed by atoms with Gasteiger partial charge in [-0.25, -0.2) is 9.37 Å². The molecule has 142 valence electrons. The van der Waals surface area contributed by atoms with Gasteiger partial charge >= 0.3 is 0 Å². The average Bonchev–Trinajstić information content (AvgIpc) is 3.16. The van der Waals surface area contributed by atoms with Crippen molar-refractivity contribution in [1.82, 2.24) is 20.6 Å². The zero-order valence-corrected chi connectivity index (χ0v) is 17.4. The lowest BCUT2D eigenvalue weighted by molar-refractivity contribution is 0.606. The maximum absolute atomic E-state index is 13.6. The van der Waals surface area contributed by atoms with Gasteiger partial charge in [0, 0.05) is 13.6 Å². The summed E-state index contributed by atoms with van der Waals surface area (Å²) in [4.78, 5) is 11.9. The molecule has 3 aromatic rings. The Bertz CT molecular complexity index is 864. The molecule has 0 fully saturated rings. The number of guanidine groups is 1. The van der Waals surface area contributed by atoms with Crippen LogP contribution >= 0.6 is 24.0 Å². The number of nitrogens with one attached hydrogen (secondary N) is 3. The number of aromatic nitrogens is 2. The van der Waals surface area contributed by atoms with Crippen LogP contribution in [0.15, 0.2) is 65.8 Å². The largest absolute Gasteiger partial charge is 0.356 e. The third-order valence-corrected chi connectivity index (χ3v) is 4.00. The van der Waals surface area contributed by atoms with Crippen molar-refractivity contribution < 1.29 is 4.39 Å². The molecule has 0 aliphatic heterocycles. The van der Waals surface area contributed by atoms with Gasteiger partial charge in [-0.15, -0.1) is 24.0 Å². The van der Waals surface area contributed by atoms with E-state index in [2.05, 4.69) is 25.6 Å². The Morgan fingerprint density at radius 2 is 1.81 bits per heavy atom. The number of benzene rings is 2. The second kappa shape index (κ2) is 10.7. The minimum Gasteiger partial charge on any atom is -0.356 e. The van der Waals surface area contributed by atoms with E-state index in [1.165, 1.54) is 6.07 Å². The molecule has 1 aromatic heterocycles. The molecule has 5 nitrogen and oxygen atoms in total. The summed E-state index contributed by atoms with van der Waals surface area (Å²) in [6.45, 7) is 1.11. The zero-order chi connectivity index (χ0) is 18.2. The normalized spacial score (nSPS) is 11.0. The minimum atomic E-state index is -0.179. The van der Waals surface area contributed by atoms with Gasteiger partial charge in [0.05, 0.1) is 18.4 Å². The van der Waals surface area contributed by atoms with Gasteiger partial charge in [-0.3, -0.25) is 4.99 Å². The topological polar surface area (TPSA) is 65.1 Å². The standard InChI is InChI=1S/C20H22FN5.HI/c1-22-20(23-12-11-15-7-5-6-10-17(15)21)25-14-19-24-13-18(26-19)16-8-3-2-4-9-16;/h2-10,13H,11-12,14H2,1H3,(H,24,26)(H2,22,23,25);1H. The number of aliphatic imine (C=N–C) groups is 1. The molecule has 1 heterocycles. The highest BCUT2D eigenvalue weighted by Gasteiger charge is 2.05. The number of H-pyrrole nitrogens is 1. The van der Waals surface area contributed by atoms with Gasteiger partial charge in [0.15, 0.2) is 5.96 Å². The predicted molar refractivity (Wildman–Crippen MR) is 118 cm³/mol. The lowest BCUT2D eigenvalue weighted by Crippen LogP contribution is -2.38. The van der Waals surface area contributed by atoms with E-state index >= 15 is 0 Å². The number of aromatic amines is 1. The Kier molecular flexibility index (Phi) is 8.25. The molecule has 0 aliphatic rings. The molecule has 7 heteroatoms. The Morgan fingerprint density at radius 1 is 1.07 bits per heavy atom. The maximum Gasteiger partial charge on any atom is 0.191 e. The summed E-state index contributed by atoms with van der Waals surface area (Å²) in [6, 6.07) is 16.9. The first kappa shape index (κ1) is 20.9. The fourth-order valence-corrected chi connectivity index (χ4v) is 2.62. The molecular weight excluding hydrogens is 456 g/mol. The molecule has 0 unspecified atom stereocenters. The Hall–Kier alpha value is -2.42. The molecule has 0 spiro atoms. The van der Waals surface area contributed by atoms with Crippen LogP contribution in [0.1, 0.15) is 11.4 Å². The molecule has 3 rings (SSSR count). The predicted octanol–water partition coefficient (Wildman–Crippen LogP) is 3.74. The van der Waals surface area contributed by atoms with Crippen LogP contribution in [0.2, 0.25) is 0 Å². The summed E-state index contributed by atoms with van der Waals surface area (Å²) < 4.78 is 13.6. The summed E-state index contributed by atoms with van der Waals surface area (Å²) in [5.41, 5.74) is 2.76. The van der Waals surface area contributed by atoms with Crippen molar-refractivity contribution in [2.75, 3.05) is 13.6 Å². The molecule has 2 aromatic carbocycles. The highest BCUT2D eigenvalue weighted by Crippen LogP contribution is 2.15. The van der Waals surface area contributed by atoms with Crippen molar-refractivity contribution in [3.05, 3.63) is 78.0 Å². The highest BCUT2D eigenvalue weighted by atomic mass is 127. The summed E-state index contributed by atoms with van der Waals surface area (Å²) in [7, 11) is 1.70. The van der Waals surface area contributed by atoms with Crippen LogP contribution < -0.4 is 10.6 Å². The molecule has 0 radical (unpaired) electrons. The van der Waals surface area contributed by atoms with E-state index < -0.39 is 0 Å². The van der Waals surface area contributed by atoms with Crippen LogP contribution in [0.25, 0.3) is 11.3 Å². The van der Waals surface area contributed by atoms with E-state index in [-0.39, 0.29) is 29.8 Å². The van der Waals surface area contributed by atoms with E-state index in [0.717, 1.165) is 17.1 Å². The van der Waals surface area contributed by atoms with E-state index in [1.54, 1.807) is 19.2 Å². The molecule has 27 heavy (non-hydrogen) atoms. The minimum absolute atomic E-state index is 0. The van der Waals surface area contributed by atoms with Crippen LogP contribution in [-0.4, -0.2) is 29.5 Å². The van der Waals surface area contributed by atoms with Gasteiger partial charge in [0.2, 0.25) is 0 Å². The number of hydrogen-bond acceptors (Lipinski definition) is 2. The molecule has 0 saturated carbocycles. The van der Waals surface area contributed by atoms with E-state index in [9.17, 15) is 4.39 Å². The van der Waals surface area contributed by atoms with Gasteiger partial charge in [0.1, 0.15) is 11.6 Å². The van der Waals surface area contributed by atoms with Crippen molar-refractivity contribution in [3.8, 4) is 11.3 Å². The summed E-state index contributed by atoms with van der Waals surface area (Å²) in [5.74, 6) is 1.29. The monoisotopic (exact) mass is 479 g/mol. The molecule has 0 atom stereocenters. The van der Waals surface area contributed by atoms with Gasteiger partial charge in [0.25, 0.3) is 0 Å². The SMILES string of the molecule is CN=C(NCCc1ccccc1F)NCc1ncc(-c2ccccc2)[nH]1.I. The van der Waals surface area contributed by atoms with Gasteiger partial charge in [-0.1, -0.05) is 48.5 Å². The lowest BCUT2D eigenvalue weighted by atomic mass is 10.1. The van der Waals surface area contributed by atoms with Crippen molar-refractivity contribution in [2.45, 2.75) is 13.0 Å². The van der Waals surface area contributed by atoms with Crippen molar-refractivity contribution >= 4 is 29.9 Å². The molecule has 0 saturated heterocycles. The van der Waals surface area contributed by atoms with Crippen LogP contribution in [0.4, 0.5) is 4.39 Å².